The number of fused-ring (bicyclic) bond motifs is 1. The van der Waals surface area contributed by atoms with Gasteiger partial charge in [-0.3, -0.25) is 14.7 Å². The molecule has 1 aliphatic rings. The van der Waals surface area contributed by atoms with Crippen LogP contribution in [-0.2, 0) is 6.54 Å². The highest BCUT2D eigenvalue weighted by atomic mass is 35.5. The lowest BCUT2D eigenvalue weighted by molar-refractivity contribution is 0.128. The molecule has 3 rings (SSSR count). The van der Waals surface area contributed by atoms with Gasteiger partial charge in [-0.25, -0.2) is 0 Å². The van der Waals surface area contributed by atoms with Gasteiger partial charge in [-0.05, 0) is 24.1 Å². The fourth-order valence-corrected chi connectivity index (χ4v) is 3.12. The first-order chi connectivity index (χ1) is 12.0. The minimum atomic E-state index is -0.291. The van der Waals surface area contributed by atoms with E-state index in [1.54, 1.807) is 6.07 Å². The van der Waals surface area contributed by atoms with Crippen molar-refractivity contribution in [2.45, 2.75) is 13.0 Å². The summed E-state index contributed by atoms with van der Waals surface area (Å²) in [7, 11) is 0. The first kappa shape index (κ1) is 17.6. The molecule has 6 nitrogen and oxygen atoms in total. The second-order valence-corrected chi connectivity index (χ2v) is 6.71. The molecule has 0 spiro atoms. The molecule has 1 N–H and O–H groups in total. The molecule has 0 bridgehead atoms. The van der Waals surface area contributed by atoms with Crippen LogP contribution < -0.4 is 5.56 Å². The van der Waals surface area contributed by atoms with E-state index in [2.05, 4.69) is 32.4 Å². The molecule has 0 unspecified atom stereocenters. The molecule has 0 amide bonds. The second-order valence-electron chi connectivity index (χ2n) is 6.31. The summed E-state index contributed by atoms with van der Waals surface area (Å²) in [4.78, 5) is 23.5. The van der Waals surface area contributed by atoms with Gasteiger partial charge in [0.25, 0.3) is 5.56 Å². The van der Waals surface area contributed by atoms with E-state index in [4.69, 9.17) is 16.9 Å². The van der Waals surface area contributed by atoms with Gasteiger partial charge in [0, 0.05) is 51.0 Å². The smallest absolute Gasteiger partial charge is 0.267 e. The van der Waals surface area contributed by atoms with Crippen molar-refractivity contribution in [3.05, 3.63) is 51.4 Å². The number of aromatic amines is 1. The SMILES string of the molecule is C=C(C#N)CCN1CCN(Cc2cnc3cc(Cl)c(=O)[nH]c3c2)CC1. The Hall–Kier alpha value is -2.20. The Morgan fingerprint density at radius 1 is 1.32 bits per heavy atom. The minimum Gasteiger partial charge on any atom is -0.319 e. The number of nitriles is 1. The first-order valence-electron chi connectivity index (χ1n) is 8.25. The largest absolute Gasteiger partial charge is 0.319 e. The maximum atomic E-state index is 11.6. The molecule has 0 radical (unpaired) electrons. The van der Waals surface area contributed by atoms with Crippen molar-refractivity contribution in [3.63, 3.8) is 0 Å². The van der Waals surface area contributed by atoms with E-state index in [-0.39, 0.29) is 10.6 Å². The molecule has 1 saturated heterocycles. The minimum absolute atomic E-state index is 0.156. The average molecular weight is 358 g/mol. The van der Waals surface area contributed by atoms with Gasteiger partial charge >= 0.3 is 0 Å². The van der Waals surface area contributed by atoms with Crippen molar-refractivity contribution in [1.82, 2.24) is 19.8 Å². The summed E-state index contributed by atoms with van der Waals surface area (Å²) in [5, 5.41) is 8.92. The van der Waals surface area contributed by atoms with Gasteiger partial charge in [0.15, 0.2) is 0 Å². The summed E-state index contributed by atoms with van der Waals surface area (Å²) in [5.41, 5.74) is 2.81. The highest BCUT2D eigenvalue weighted by Gasteiger charge is 2.17. The Morgan fingerprint density at radius 2 is 2.04 bits per heavy atom. The molecule has 7 heteroatoms. The van der Waals surface area contributed by atoms with E-state index in [0.717, 1.165) is 51.3 Å². The number of halogens is 1. The Morgan fingerprint density at radius 3 is 2.76 bits per heavy atom. The van der Waals surface area contributed by atoms with Crippen molar-refractivity contribution in [2.24, 2.45) is 0 Å². The summed E-state index contributed by atoms with van der Waals surface area (Å²) in [6, 6.07) is 5.65. The van der Waals surface area contributed by atoms with Crippen LogP contribution in [0, 0.1) is 11.3 Å². The van der Waals surface area contributed by atoms with Crippen molar-refractivity contribution >= 4 is 22.6 Å². The van der Waals surface area contributed by atoms with E-state index in [0.29, 0.717) is 16.6 Å². The lowest BCUT2D eigenvalue weighted by Crippen LogP contribution is -2.46. The zero-order valence-corrected chi connectivity index (χ0v) is 14.7. The van der Waals surface area contributed by atoms with Gasteiger partial charge in [-0.1, -0.05) is 18.2 Å². The second kappa shape index (κ2) is 7.79. The average Bonchev–Trinajstić information content (AvgIpc) is 2.62. The predicted molar refractivity (Wildman–Crippen MR) is 98.5 cm³/mol. The van der Waals surface area contributed by atoms with Gasteiger partial charge in [-0.15, -0.1) is 0 Å². The van der Waals surface area contributed by atoms with Crippen LogP contribution in [0.15, 0.2) is 35.3 Å². The molecule has 0 aromatic carbocycles. The maximum absolute atomic E-state index is 11.6. The van der Waals surface area contributed by atoms with Crippen molar-refractivity contribution < 1.29 is 0 Å². The topological polar surface area (TPSA) is 76.0 Å². The van der Waals surface area contributed by atoms with Crippen LogP contribution in [0.25, 0.3) is 11.0 Å². The van der Waals surface area contributed by atoms with E-state index in [1.165, 1.54) is 0 Å². The molecular weight excluding hydrogens is 338 g/mol. The molecule has 25 heavy (non-hydrogen) atoms. The maximum Gasteiger partial charge on any atom is 0.267 e. The third-order valence-electron chi connectivity index (χ3n) is 4.46. The number of hydrogen-bond acceptors (Lipinski definition) is 5. The number of nitrogens with one attached hydrogen (secondary N) is 1. The number of aromatic nitrogens is 2. The standard InChI is InChI=1S/C18H20ClN5O/c1-13(10-20)2-3-23-4-6-24(7-5-23)12-14-8-17-16(21-11-14)9-15(19)18(25)22-17/h8-9,11H,1-7,12H2,(H,22,25). The Bertz CT molecular complexity index is 877. The number of hydrogen-bond donors (Lipinski definition) is 1. The molecule has 0 aliphatic carbocycles. The molecule has 3 heterocycles. The molecule has 0 atom stereocenters. The number of piperazine rings is 1. The van der Waals surface area contributed by atoms with Gasteiger partial charge < -0.3 is 9.88 Å². The van der Waals surface area contributed by atoms with Gasteiger partial charge in [-0.2, -0.15) is 5.26 Å². The molecule has 2 aromatic rings. The normalized spacial score (nSPS) is 16.0. The quantitative estimate of drug-likeness (QED) is 0.830. The number of pyridine rings is 2. The summed E-state index contributed by atoms with van der Waals surface area (Å²) < 4.78 is 0. The molecule has 1 aliphatic heterocycles. The zero-order chi connectivity index (χ0) is 17.8. The first-order valence-corrected chi connectivity index (χ1v) is 8.63. The van der Waals surface area contributed by atoms with Crippen LogP contribution in [0.1, 0.15) is 12.0 Å². The van der Waals surface area contributed by atoms with Gasteiger partial charge in [0.2, 0.25) is 0 Å². The fourth-order valence-electron chi connectivity index (χ4n) is 2.97. The van der Waals surface area contributed by atoms with Gasteiger partial charge in [0.05, 0.1) is 17.1 Å². The molecule has 0 saturated carbocycles. The lowest BCUT2D eigenvalue weighted by Gasteiger charge is -2.34. The number of H-pyrrole nitrogens is 1. The van der Waals surface area contributed by atoms with E-state index < -0.39 is 0 Å². The van der Waals surface area contributed by atoms with Crippen LogP contribution in [0.5, 0.6) is 0 Å². The summed E-state index contributed by atoms with van der Waals surface area (Å²) in [6.07, 6.45) is 2.57. The van der Waals surface area contributed by atoms with Crippen LogP contribution in [0.2, 0.25) is 5.02 Å². The van der Waals surface area contributed by atoms with E-state index >= 15 is 0 Å². The highest BCUT2D eigenvalue weighted by molar-refractivity contribution is 6.30. The van der Waals surface area contributed by atoms with Crippen LogP contribution in [0.4, 0.5) is 0 Å². The van der Waals surface area contributed by atoms with E-state index in [1.807, 2.05) is 12.3 Å². The molecule has 1 fully saturated rings. The number of rotatable bonds is 5. The van der Waals surface area contributed by atoms with Crippen LogP contribution in [-0.4, -0.2) is 52.5 Å². The van der Waals surface area contributed by atoms with Gasteiger partial charge in [0.1, 0.15) is 5.02 Å². The third kappa shape index (κ3) is 4.45. The third-order valence-corrected chi connectivity index (χ3v) is 4.74. The summed E-state index contributed by atoms with van der Waals surface area (Å²) >= 11 is 5.83. The van der Waals surface area contributed by atoms with Crippen molar-refractivity contribution in [1.29, 1.82) is 5.26 Å². The number of nitrogens with zero attached hydrogens (tertiary/aromatic N) is 4. The van der Waals surface area contributed by atoms with E-state index in [9.17, 15) is 4.79 Å². The highest BCUT2D eigenvalue weighted by Crippen LogP contribution is 2.15. The van der Waals surface area contributed by atoms with Crippen LogP contribution in [0.3, 0.4) is 0 Å². The summed E-state index contributed by atoms with van der Waals surface area (Å²) in [6.45, 7) is 9.30. The zero-order valence-electron chi connectivity index (χ0n) is 14.0. The predicted octanol–water partition coefficient (Wildman–Crippen LogP) is 2.16. The molecular formula is C18H20ClN5O. The van der Waals surface area contributed by atoms with Crippen molar-refractivity contribution in [2.75, 3.05) is 32.7 Å². The van der Waals surface area contributed by atoms with Crippen molar-refractivity contribution in [3.8, 4) is 6.07 Å². The fraction of sp³-hybridized carbons (Fsp3) is 0.389. The Labute approximate surface area is 151 Å². The summed E-state index contributed by atoms with van der Waals surface area (Å²) in [5.74, 6) is 0. The molecule has 2 aromatic heterocycles. The Kier molecular flexibility index (Phi) is 5.49. The molecule has 130 valence electrons. The Balaban J connectivity index is 1.58. The van der Waals surface area contributed by atoms with Crippen LogP contribution >= 0.6 is 11.6 Å². The monoisotopic (exact) mass is 357 g/mol. The lowest BCUT2D eigenvalue weighted by atomic mass is 10.2.